The maximum Gasteiger partial charge on any atom is 0.266 e. The molecule has 0 unspecified atom stereocenters. The summed E-state index contributed by atoms with van der Waals surface area (Å²) in [6.07, 6.45) is 1.21. The molecular formula is C15H15ClN2O4S. The lowest BCUT2D eigenvalue weighted by Gasteiger charge is -2.09. The first-order chi connectivity index (χ1) is 10.8. The Labute approximate surface area is 139 Å². The first kappa shape index (κ1) is 17.2. The average molecular weight is 355 g/mol. The van der Waals surface area contributed by atoms with Gasteiger partial charge in [-0.25, -0.2) is 18.1 Å². The van der Waals surface area contributed by atoms with Gasteiger partial charge < -0.3 is 4.74 Å². The fourth-order valence-corrected chi connectivity index (χ4v) is 2.78. The zero-order valence-corrected chi connectivity index (χ0v) is 14.1. The summed E-state index contributed by atoms with van der Waals surface area (Å²) in [6.45, 7) is 3.70. The highest BCUT2D eigenvalue weighted by atomic mass is 35.5. The molecule has 6 nitrogen and oxygen atoms in total. The van der Waals surface area contributed by atoms with Gasteiger partial charge in [-0.05, 0) is 44.2 Å². The Morgan fingerprint density at radius 3 is 2.35 bits per heavy atom. The highest BCUT2D eigenvalue weighted by molar-refractivity contribution is 7.90. The molecule has 0 saturated carbocycles. The van der Waals surface area contributed by atoms with E-state index in [1.54, 1.807) is 0 Å². The molecule has 1 amide bonds. The molecule has 0 saturated heterocycles. The Balaban J connectivity index is 2.13. The molecule has 0 radical (unpaired) electrons. The number of ether oxygens (including phenoxy) is 1. The zero-order valence-electron chi connectivity index (χ0n) is 12.5. The fourth-order valence-electron chi connectivity index (χ4n) is 1.68. The maximum absolute atomic E-state index is 12.1. The van der Waals surface area contributed by atoms with Gasteiger partial charge in [0.15, 0.2) is 0 Å². The van der Waals surface area contributed by atoms with Gasteiger partial charge in [0.25, 0.3) is 15.9 Å². The number of nitrogens with one attached hydrogen (secondary N) is 1. The van der Waals surface area contributed by atoms with Crippen molar-refractivity contribution in [3.05, 3.63) is 53.2 Å². The largest absolute Gasteiger partial charge is 0.475 e. The first-order valence-corrected chi connectivity index (χ1v) is 8.59. The predicted octanol–water partition coefficient (Wildman–Crippen LogP) is 2.64. The molecule has 0 spiro atoms. The topological polar surface area (TPSA) is 85.4 Å². The van der Waals surface area contributed by atoms with Crippen molar-refractivity contribution in [3.8, 4) is 5.88 Å². The minimum atomic E-state index is -3.97. The van der Waals surface area contributed by atoms with Gasteiger partial charge in [0.1, 0.15) is 0 Å². The smallest absolute Gasteiger partial charge is 0.266 e. The number of sulfonamides is 1. The molecule has 1 N–H and O–H groups in total. The van der Waals surface area contributed by atoms with E-state index in [0.717, 1.165) is 0 Å². The second kappa shape index (κ2) is 6.97. The van der Waals surface area contributed by atoms with E-state index in [9.17, 15) is 13.2 Å². The summed E-state index contributed by atoms with van der Waals surface area (Å²) in [7, 11) is -3.97. The van der Waals surface area contributed by atoms with E-state index in [2.05, 4.69) is 4.98 Å². The number of hydrogen-bond acceptors (Lipinski definition) is 5. The van der Waals surface area contributed by atoms with Crippen LogP contribution in [0.2, 0.25) is 5.02 Å². The van der Waals surface area contributed by atoms with Gasteiger partial charge in [0.2, 0.25) is 5.88 Å². The van der Waals surface area contributed by atoms with Crippen molar-refractivity contribution >= 4 is 27.5 Å². The van der Waals surface area contributed by atoms with Crippen molar-refractivity contribution in [2.45, 2.75) is 24.8 Å². The van der Waals surface area contributed by atoms with Crippen LogP contribution in [0.1, 0.15) is 24.2 Å². The molecule has 1 aromatic heterocycles. The molecule has 1 heterocycles. The van der Waals surface area contributed by atoms with Gasteiger partial charge in [-0.15, -0.1) is 0 Å². The quantitative estimate of drug-likeness (QED) is 0.892. The minimum Gasteiger partial charge on any atom is -0.475 e. The number of benzene rings is 1. The Kier molecular flexibility index (Phi) is 5.23. The molecule has 0 aliphatic heterocycles. The fraction of sp³-hybridized carbons (Fsp3) is 0.200. The zero-order chi connectivity index (χ0) is 17.0. The van der Waals surface area contributed by atoms with Gasteiger partial charge in [-0.2, -0.15) is 0 Å². The maximum atomic E-state index is 12.1. The van der Waals surface area contributed by atoms with Gasteiger partial charge in [0, 0.05) is 17.3 Å². The summed E-state index contributed by atoms with van der Waals surface area (Å²) < 4.78 is 31.6. The van der Waals surface area contributed by atoms with E-state index in [-0.39, 0.29) is 16.6 Å². The molecule has 2 aromatic rings. The molecule has 0 aliphatic rings. The molecule has 0 bridgehead atoms. The number of amides is 1. The second-order valence-corrected chi connectivity index (χ2v) is 7.06. The molecule has 2 rings (SSSR count). The van der Waals surface area contributed by atoms with E-state index in [4.69, 9.17) is 16.3 Å². The summed E-state index contributed by atoms with van der Waals surface area (Å²) in [6, 6.07) is 8.44. The number of hydrogen-bond donors (Lipinski definition) is 1. The number of carbonyl (C=O) groups is 1. The molecule has 0 fully saturated rings. The molecule has 1 aromatic carbocycles. The summed E-state index contributed by atoms with van der Waals surface area (Å²) >= 11 is 5.71. The summed E-state index contributed by atoms with van der Waals surface area (Å²) in [5.41, 5.74) is 0.110. The number of rotatable bonds is 5. The van der Waals surface area contributed by atoms with Crippen molar-refractivity contribution in [1.82, 2.24) is 9.71 Å². The molecule has 23 heavy (non-hydrogen) atoms. The molecule has 122 valence electrons. The predicted molar refractivity (Wildman–Crippen MR) is 86.1 cm³/mol. The number of pyridine rings is 1. The van der Waals surface area contributed by atoms with Crippen LogP contribution in [0.5, 0.6) is 5.88 Å². The summed E-state index contributed by atoms with van der Waals surface area (Å²) in [5, 5.41) is 0.403. The third-order valence-corrected chi connectivity index (χ3v) is 4.30. The van der Waals surface area contributed by atoms with E-state index >= 15 is 0 Å². The highest BCUT2D eigenvalue weighted by Crippen LogP contribution is 2.15. The Morgan fingerprint density at radius 1 is 1.17 bits per heavy atom. The number of nitrogens with zero attached hydrogens (tertiary/aromatic N) is 1. The van der Waals surface area contributed by atoms with Crippen LogP contribution in [0.3, 0.4) is 0 Å². The Bertz CT molecular complexity index is 787. The minimum absolute atomic E-state index is 0.0486. The van der Waals surface area contributed by atoms with Crippen LogP contribution < -0.4 is 9.46 Å². The van der Waals surface area contributed by atoms with Gasteiger partial charge in [-0.1, -0.05) is 11.6 Å². The van der Waals surface area contributed by atoms with Gasteiger partial charge in [-0.3, -0.25) is 4.79 Å². The van der Waals surface area contributed by atoms with Crippen molar-refractivity contribution < 1.29 is 17.9 Å². The van der Waals surface area contributed by atoms with Crippen LogP contribution in [-0.2, 0) is 10.0 Å². The molecular weight excluding hydrogens is 340 g/mol. The molecule has 0 aliphatic carbocycles. The summed E-state index contributed by atoms with van der Waals surface area (Å²) in [4.78, 5) is 15.9. The lowest BCUT2D eigenvalue weighted by Crippen LogP contribution is -2.30. The van der Waals surface area contributed by atoms with Crippen LogP contribution >= 0.6 is 11.6 Å². The van der Waals surface area contributed by atoms with Crippen molar-refractivity contribution in [3.63, 3.8) is 0 Å². The first-order valence-electron chi connectivity index (χ1n) is 6.73. The SMILES string of the molecule is CC(C)Oc1ccc(C(=O)NS(=O)(=O)c2ccc(Cl)cc2)cn1. The third kappa shape index (κ3) is 4.67. The monoisotopic (exact) mass is 354 g/mol. The van der Waals surface area contributed by atoms with Crippen molar-refractivity contribution in [1.29, 1.82) is 0 Å². The van der Waals surface area contributed by atoms with E-state index in [1.165, 1.54) is 42.6 Å². The van der Waals surface area contributed by atoms with Crippen LogP contribution in [0.15, 0.2) is 47.5 Å². The Morgan fingerprint density at radius 2 is 1.83 bits per heavy atom. The third-order valence-electron chi connectivity index (χ3n) is 2.71. The summed E-state index contributed by atoms with van der Waals surface area (Å²) in [5.74, 6) is -0.416. The lowest BCUT2D eigenvalue weighted by molar-refractivity contribution is 0.0981. The molecule has 0 atom stereocenters. The Hall–Kier alpha value is -2.12. The number of halogens is 1. The standard InChI is InChI=1S/C15H15ClN2O4S/c1-10(2)22-14-8-3-11(9-17-14)15(19)18-23(20,21)13-6-4-12(16)5-7-13/h3-10H,1-2H3,(H,18,19). The van der Waals surface area contributed by atoms with Gasteiger partial charge in [0.05, 0.1) is 16.6 Å². The van der Waals surface area contributed by atoms with Gasteiger partial charge >= 0.3 is 0 Å². The van der Waals surface area contributed by atoms with Crippen LogP contribution in [-0.4, -0.2) is 25.4 Å². The van der Waals surface area contributed by atoms with E-state index in [0.29, 0.717) is 10.9 Å². The van der Waals surface area contributed by atoms with E-state index in [1.807, 2.05) is 18.6 Å². The van der Waals surface area contributed by atoms with Crippen molar-refractivity contribution in [2.24, 2.45) is 0 Å². The number of aromatic nitrogens is 1. The van der Waals surface area contributed by atoms with Crippen molar-refractivity contribution in [2.75, 3.05) is 0 Å². The molecule has 8 heteroatoms. The second-order valence-electron chi connectivity index (χ2n) is 4.94. The average Bonchev–Trinajstić information content (AvgIpc) is 2.47. The van der Waals surface area contributed by atoms with E-state index < -0.39 is 15.9 Å². The van der Waals surface area contributed by atoms with Crippen LogP contribution in [0, 0.1) is 0 Å². The number of carbonyl (C=O) groups excluding carboxylic acids is 1. The lowest BCUT2D eigenvalue weighted by atomic mass is 10.3. The normalized spacial score (nSPS) is 11.3. The van der Waals surface area contributed by atoms with Crippen LogP contribution in [0.25, 0.3) is 0 Å². The van der Waals surface area contributed by atoms with Crippen LogP contribution in [0.4, 0.5) is 0 Å². The highest BCUT2D eigenvalue weighted by Gasteiger charge is 2.19.